The van der Waals surface area contributed by atoms with E-state index in [0.29, 0.717) is 5.69 Å². The van der Waals surface area contributed by atoms with Crippen molar-refractivity contribution in [3.05, 3.63) is 46.4 Å². The maximum Gasteiger partial charge on any atom is 0.208 e. The molecule has 0 amide bonds. The molecule has 0 saturated carbocycles. The SMILES string of the molecule is Nc1ccc(S(=O)(=O)c2ccc(N)c(Cl)c2Cl)cc1. The number of benzene rings is 2. The summed E-state index contributed by atoms with van der Waals surface area (Å²) in [5, 5.41) is -0.0586. The van der Waals surface area contributed by atoms with Crippen LogP contribution >= 0.6 is 23.2 Å². The third-order valence-corrected chi connectivity index (χ3v) is 5.38. The van der Waals surface area contributed by atoms with Crippen molar-refractivity contribution in [3.8, 4) is 0 Å². The first kappa shape index (κ1) is 14.0. The largest absolute Gasteiger partial charge is 0.399 e. The van der Waals surface area contributed by atoms with Crippen LogP contribution in [0.4, 0.5) is 11.4 Å². The van der Waals surface area contributed by atoms with Gasteiger partial charge in [0.05, 0.1) is 25.5 Å². The highest BCUT2D eigenvalue weighted by Crippen LogP contribution is 2.36. The van der Waals surface area contributed by atoms with Crippen LogP contribution in [0.1, 0.15) is 0 Å². The molecular weight excluding hydrogens is 307 g/mol. The lowest BCUT2D eigenvalue weighted by molar-refractivity contribution is 0.596. The van der Waals surface area contributed by atoms with Gasteiger partial charge in [-0.15, -0.1) is 0 Å². The summed E-state index contributed by atoms with van der Waals surface area (Å²) in [6.07, 6.45) is 0. The van der Waals surface area contributed by atoms with Gasteiger partial charge < -0.3 is 11.5 Å². The molecule has 4 N–H and O–H groups in total. The minimum Gasteiger partial charge on any atom is -0.399 e. The van der Waals surface area contributed by atoms with E-state index in [0.717, 1.165) is 0 Å². The second-order valence-electron chi connectivity index (χ2n) is 3.85. The maximum atomic E-state index is 12.4. The molecule has 2 rings (SSSR count). The lowest BCUT2D eigenvalue weighted by Gasteiger charge is -2.09. The standard InChI is InChI=1S/C12H10Cl2N2O2S/c13-11-9(16)5-6-10(12(11)14)19(17,18)8-3-1-7(15)2-4-8/h1-6H,15-16H2. The first-order chi connectivity index (χ1) is 8.84. The molecule has 2 aromatic rings. The Morgan fingerprint density at radius 3 is 2.00 bits per heavy atom. The van der Waals surface area contributed by atoms with E-state index in [2.05, 4.69) is 0 Å². The summed E-state index contributed by atoms with van der Waals surface area (Å²) in [5.41, 5.74) is 11.8. The molecule has 0 atom stereocenters. The van der Waals surface area contributed by atoms with Crippen LogP contribution in [-0.2, 0) is 9.84 Å². The zero-order valence-electron chi connectivity index (χ0n) is 9.60. The first-order valence-electron chi connectivity index (χ1n) is 5.18. The van der Waals surface area contributed by atoms with Crippen LogP contribution in [0.5, 0.6) is 0 Å². The summed E-state index contributed by atoms with van der Waals surface area (Å²) in [7, 11) is -3.75. The number of nitrogen functional groups attached to an aromatic ring is 2. The van der Waals surface area contributed by atoms with Gasteiger partial charge in [0.15, 0.2) is 0 Å². The number of hydrogen-bond acceptors (Lipinski definition) is 4. The van der Waals surface area contributed by atoms with Crippen molar-refractivity contribution in [2.24, 2.45) is 0 Å². The molecule has 0 unspecified atom stereocenters. The number of hydrogen-bond donors (Lipinski definition) is 2. The van der Waals surface area contributed by atoms with Crippen LogP contribution in [0.25, 0.3) is 0 Å². The first-order valence-corrected chi connectivity index (χ1v) is 7.42. The number of anilines is 2. The summed E-state index contributed by atoms with van der Waals surface area (Å²) in [4.78, 5) is 0.00239. The molecule has 19 heavy (non-hydrogen) atoms. The Balaban J connectivity index is 2.64. The molecule has 100 valence electrons. The van der Waals surface area contributed by atoms with Crippen LogP contribution in [0.15, 0.2) is 46.2 Å². The number of halogens is 2. The Morgan fingerprint density at radius 1 is 0.842 bits per heavy atom. The van der Waals surface area contributed by atoms with Gasteiger partial charge in [0.1, 0.15) is 0 Å². The molecule has 0 radical (unpaired) electrons. The number of nitrogens with two attached hydrogens (primary N) is 2. The topological polar surface area (TPSA) is 86.2 Å². The number of sulfone groups is 1. The molecule has 0 bridgehead atoms. The van der Waals surface area contributed by atoms with Crippen LogP contribution in [-0.4, -0.2) is 8.42 Å². The van der Waals surface area contributed by atoms with Crippen molar-refractivity contribution >= 4 is 44.4 Å². The minimum absolute atomic E-state index is 0.0261. The molecule has 0 fully saturated rings. The second kappa shape index (κ2) is 4.92. The summed E-state index contributed by atoms with van der Waals surface area (Å²) in [6.45, 7) is 0. The molecule has 7 heteroatoms. The third kappa shape index (κ3) is 2.49. The molecule has 0 aromatic heterocycles. The fourth-order valence-corrected chi connectivity index (χ4v) is 3.56. The summed E-state index contributed by atoms with van der Waals surface area (Å²) in [6, 6.07) is 8.55. The zero-order chi connectivity index (χ0) is 14.2. The second-order valence-corrected chi connectivity index (χ2v) is 6.53. The van der Waals surface area contributed by atoms with E-state index in [1.807, 2.05) is 0 Å². The molecule has 0 heterocycles. The average molecular weight is 317 g/mol. The van der Waals surface area contributed by atoms with E-state index in [1.54, 1.807) is 0 Å². The van der Waals surface area contributed by atoms with E-state index >= 15 is 0 Å². The maximum absolute atomic E-state index is 12.4. The Hall–Kier alpha value is -1.43. The van der Waals surface area contributed by atoms with Gasteiger partial charge >= 0.3 is 0 Å². The van der Waals surface area contributed by atoms with Crippen LogP contribution in [0.3, 0.4) is 0 Å². The summed E-state index contributed by atoms with van der Waals surface area (Å²) >= 11 is 11.8. The Labute approximate surface area is 120 Å². The minimum atomic E-state index is -3.75. The fourth-order valence-electron chi connectivity index (χ4n) is 1.53. The van der Waals surface area contributed by atoms with Gasteiger partial charge in [-0.25, -0.2) is 8.42 Å². The smallest absolute Gasteiger partial charge is 0.208 e. The molecule has 0 aliphatic heterocycles. The molecule has 0 spiro atoms. The predicted octanol–water partition coefficient (Wildman–Crippen LogP) is 2.99. The van der Waals surface area contributed by atoms with Crippen molar-refractivity contribution in [2.75, 3.05) is 11.5 Å². The Kier molecular flexibility index (Phi) is 3.62. The van der Waals surface area contributed by atoms with Crippen LogP contribution in [0, 0.1) is 0 Å². The van der Waals surface area contributed by atoms with Gasteiger partial charge in [-0.05, 0) is 36.4 Å². The molecular formula is C12H10Cl2N2O2S. The summed E-state index contributed by atoms with van der Waals surface area (Å²) in [5.74, 6) is 0. The summed E-state index contributed by atoms with van der Waals surface area (Å²) < 4.78 is 24.8. The van der Waals surface area contributed by atoms with Gasteiger partial charge in [-0.3, -0.25) is 0 Å². The van der Waals surface area contributed by atoms with Crippen LogP contribution < -0.4 is 11.5 Å². The van der Waals surface area contributed by atoms with Gasteiger partial charge in [-0.2, -0.15) is 0 Å². The van der Waals surface area contributed by atoms with Crippen molar-refractivity contribution < 1.29 is 8.42 Å². The number of rotatable bonds is 2. The van der Waals surface area contributed by atoms with Gasteiger partial charge in [0.2, 0.25) is 9.84 Å². The van der Waals surface area contributed by atoms with E-state index in [1.165, 1.54) is 36.4 Å². The van der Waals surface area contributed by atoms with Crippen molar-refractivity contribution in [3.63, 3.8) is 0 Å². The highest BCUT2D eigenvalue weighted by atomic mass is 35.5. The van der Waals surface area contributed by atoms with Gasteiger partial charge in [-0.1, -0.05) is 23.2 Å². The highest BCUT2D eigenvalue weighted by molar-refractivity contribution is 7.91. The molecule has 0 saturated heterocycles. The molecule has 0 aliphatic carbocycles. The normalized spacial score (nSPS) is 11.5. The lowest BCUT2D eigenvalue weighted by atomic mass is 10.3. The van der Waals surface area contributed by atoms with E-state index in [-0.39, 0.29) is 25.5 Å². The fraction of sp³-hybridized carbons (Fsp3) is 0. The van der Waals surface area contributed by atoms with Crippen LogP contribution in [0.2, 0.25) is 10.0 Å². The van der Waals surface area contributed by atoms with Gasteiger partial charge in [0, 0.05) is 5.69 Å². The molecule has 0 aliphatic rings. The predicted molar refractivity (Wildman–Crippen MR) is 77.2 cm³/mol. The third-order valence-electron chi connectivity index (χ3n) is 2.56. The van der Waals surface area contributed by atoms with E-state index in [4.69, 9.17) is 34.7 Å². The molecule has 4 nitrogen and oxygen atoms in total. The van der Waals surface area contributed by atoms with Crippen molar-refractivity contribution in [1.82, 2.24) is 0 Å². The van der Waals surface area contributed by atoms with E-state index < -0.39 is 9.84 Å². The Morgan fingerprint density at radius 2 is 1.42 bits per heavy atom. The lowest BCUT2D eigenvalue weighted by Crippen LogP contribution is -2.04. The average Bonchev–Trinajstić information content (AvgIpc) is 2.36. The van der Waals surface area contributed by atoms with E-state index in [9.17, 15) is 8.42 Å². The monoisotopic (exact) mass is 316 g/mol. The molecule has 2 aromatic carbocycles. The van der Waals surface area contributed by atoms with Crippen molar-refractivity contribution in [2.45, 2.75) is 9.79 Å². The van der Waals surface area contributed by atoms with Gasteiger partial charge in [0.25, 0.3) is 0 Å². The highest BCUT2D eigenvalue weighted by Gasteiger charge is 2.23. The zero-order valence-corrected chi connectivity index (χ0v) is 11.9. The Bertz CT molecular complexity index is 728. The quantitative estimate of drug-likeness (QED) is 0.834. The van der Waals surface area contributed by atoms with Crippen molar-refractivity contribution in [1.29, 1.82) is 0 Å².